The summed E-state index contributed by atoms with van der Waals surface area (Å²) < 4.78 is 1.81. The molecule has 0 N–H and O–H groups in total. The Morgan fingerprint density at radius 1 is 1.19 bits per heavy atom. The molecule has 142 valence electrons. The third kappa shape index (κ3) is 3.34. The van der Waals surface area contributed by atoms with Crippen LogP contribution < -0.4 is 0 Å². The van der Waals surface area contributed by atoms with Crippen molar-refractivity contribution in [3.05, 3.63) is 51.3 Å². The number of rotatable bonds is 5. The third-order valence-corrected chi connectivity index (χ3v) is 5.47. The third-order valence-electron chi connectivity index (χ3n) is 5.47. The zero-order chi connectivity index (χ0) is 19.0. The number of likely N-dealkylation sites (tertiary alicyclic amines) is 1. The molecular formula is C20H24N4O3. The average Bonchev–Trinajstić information content (AvgIpc) is 3.48. The zero-order valence-corrected chi connectivity index (χ0v) is 15.6. The standard InChI is InChI=1S/C20H24N4O3/c1-2-17-18(20(25)22-12-4-3-5-13-22)19(14-6-7-14)21-23(17)15-8-10-16(11-9-15)24(26)27/h8-11,14H,2-7,12-13H2,1H3. The first-order chi connectivity index (χ1) is 13.1. The molecule has 2 heterocycles. The van der Waals surface area contributed by atoms with Gasteiger partial charge in [-0.1, -0.05) is 6.92 Å². The molecule has 1 aliphatic heterocycles. The maximum absolute atomic E-state index is 13.3. The predicted octanol–water partition coefficient (Wildman–Crippen LogP) is 3.85. The lowest BCUT2D eigenvalue weighted by Crippen LogP contribution is -2.36. The van der Waals surface area contributed by atoms with Crippen LogP contribution in [0.3, 0.4) is 0 Å². The maximum Gasteiger partial charge on any atom is 0.269 e. The minimum absolute atomic E-state index is 0.0518. The fraction of sp³-hybridized carbons (Fsp3) is 0.500. The number of piperidine rings is 1. The summed E-state index contributed by atoms with van der Waals surface area (Å²) in [4.78, 5) is 25.8. The molecule has 1 aromatic carbocycles. The number of benzene rings is 1. The summed E-state index contributed by atoms with van der Waals surface area (Å²) in [6.45, 7) is 3.66. The van der Waals surface area contributed by atoms with Crippen molar-refractivity contribution in [3.63, 3.8) is 0 Å². The first-order valence-electron chi connectivity index (χ1n) is 9.76. The summed E-state index contributed by atoms with van der Waals surface area (Å²) in [7, 11) is 0. The molecule has 0 unspecified atom stereocenters. The number of non-ortho nitro benzene ring substituents is 1. The SMILES string of the molecule is CCc1c(C(=O)N2CCCCC2)c(C2CC2)nn1-c1ccc([N+](=O)[O-])cc1. The molecule has 1 amide bonds. The van der Waals surface area contributed by atoms with E-state index >= 15 is 0 Å². The Morgan fingerprint density at radius 2 is 1.85 bits per heavy atom. The maximum atomic E-state index is 13.3. The molecule has 1 saturated heterocycles. The zero-order valence-electron chi connectivity index (χ0n) is 15.6. The molecule has 0 spiro atoms. The van der Waals surface area contributed by atoms with E-state index in [2.05, 4.69) is 0 Å². The van der Waals surface area contributed by atoms with Crippen LogP contribution in [0.15, 0.2) is 24.3 Å². The number of carbonyl (C=O) groups is 1. The van der Waals surface area contributed by atoms with Crippen molar-refractivity contribution in [2.45, 2.75) is 51.4 Å². The summed E-state index contributed by atoms with van der Waals surface area (Å²) in [5.74, 6) is 0.458. The van der Waals surface area contributed by atoms with Crippen LogP contribution in [0.1, 0.15) is 66.7 Å². The van der Waals surface area contributed by atoms with Crippen molar-refractivity contribution < 1.29 is 9.72 Å². The van der Waals surface area contributed by atoms with E-state index in [4.69, 9.17) is 5.10 Å². The van der Waals surface area contributed by atoms with Crippen LogP contribution in [0, 0.1) is 10.1 Å². The van der Waals surface area contributed by atoms with Crippen LogP contribution in [0.2, 0.25) is 0 Å². The normalized spacial score (nSPS) is 17.1. The Labute approximate surface area is 158 Å². The molecule has 1 aromatic heterocycles. The first kappa shape index (κ1) is 17.7. The van der Waals surface area contributed by atoms with E-state index in [0.29, 0.717) is 12.3 Å². The highest BCUT2D eigenvalue weighted by atomic mass is 16.6. The molecule has 1 saturated carbocycles. The number of hydrogen-bond acceptors (Lipinski definition) is 4. The molecule has 0 atom stereocenters. The van der Waals surface area contributed by atoms with Crippen LogP contribution in [0.5, 0.6) is 0 Å². The summed E-state index contributed by atoms with van der Waals surface area (Å²) in [5, 5.41) is 15.7. The molecule has 1 aliphatic carbocycles. The molecular weight excluding hydrogens is 344 g/mol. The molecule has 2 aliphatic rings. The molecule has 7 nitrogen and oxygen atoms in total. The monoisotopic (exact) mass is 368 g/mol. The van der Waals surface area contributed by atoms with Gasteiger partial charge in [0.1, 0.15) is 0 Å². The fourth-order valence-corrected chi connectivity index (χ4v) is 3.86. The number of hydrogen-bond donors (Lipinski definition) is 0. The minimum Gasteiger partial charge on any atom is -0.339 e. The van der Waals surface area contributed by atoms with Crippen molar-refractivity contribution in [2.24, 2.45) is 0 Å². The van der Waals surface area contributed by atoms with E-state index in [9.17, 15) is 14.9 Å². The van der Waals surface area contributed by atoms with Gasteiger partial charge in [0.05, 0.1) is 27.6 Å². The first-order valence-corrected chi connectivity index (χ1v) is 9.76. The Balaban J connectivity index is 1.76. The van der Waals surface area contributed by atoms with Crippen LogP contribution in [0.25, 0.3) is 5.69 Å². The van der Waals surface area contributed by atoms with Crippen molar-refractivity contribution >= 4 is 11.6 Å². The lowest BCUT2D eigenvalue weighted by molar-refractivity contribution is -0.384. The van der Waals surface area contributed by atoms with Crippen molar-refractivity contribution in [1.82, 2.24) is 14.7 Å². The topological polar surface area (TPSA) is 81.3 Å². The van der Waals surface area contributed by atoms with Crippen LogP contribution >= 0.6 is 0 Å². The van der Waals surface area contributed by atoms with Gasteiger partial charge in [-0.25, -0.2) is 4.68 Å². The van der Waals surface area contributed by atoms with Crippen LogP contribution in [-0.2, 0) is 6.42 Å². The van der Waals surface area contributed by atoms with E-state index in [1.165, 1.54) is 18.6 Å². The van der Waals surface area contributed by atoms with Gasteiger partial charge < -0.3 is 4.90 Å². The van der Waals surface area contributed by atoms with E-state index in [1.54, 1.807) is 12.1 Å². The lowest BCUT2D eigenvalue weighted by Gasteiger charge is -2.27. The van der Waals surface area contributed by atoms with Crippen LogP contribution in [-0.4, -0.2) is 38.6 Å². The molecule has 7 heteroatoms. The second kappa shape index (κ2) is 7.13. The van der Waals surface area contributed by atoms with Gasteiger partial charge in [-0.15, -0.1) is 0 Å². The number of carbonyl (C=O) groups excluding carboxylic acids is 1. The Morgan fingerprint density at radius 3 is 2.41 bits per heavy atom. The number of nitrogens with zero attached hydrogens (tertiary/aromatic N) is 4. The molecule has 4 rings (SSSR count). The second-order valence-electron chi connectivity index (χ2n) is 7.37. The van der Waals surface area contributed by atoms with Crippen molar-refractivity contribution in [2.75, 3.05) is 13.1 Å². The fourth-order valence-electron chi connectivity index (χ4n) is 3.86. The van der Waals surface area contributed by atoms with Gasteiger partial charge in [-0.2, -0.15) is 5.10 Å². The van der Waals surface area contributed by atoms with Gasteiger partial charge in [-0.3, -0.25) is 14.9 Å². The van der Waals surface area contributed by atoms with Gasteiger partial charge in [-0.05, 0) is 50.7 Å². The van der Waals surface area contributed by atoms with Crippen LogP contribution in [0.4, 0.5) is 5.69 Å². The van der Waals surface area contributed by atoms with Gasteiger partial charge in [0.2, 0.25) is 0 Å². The summed E-state index contributed by atoms with van der Waals surface area (Å²) >= 11 is 0. The second-order valence-corrected chi connectivity index (χ2v) is 7.37. The van der Waals surface area contributed by atoms with Crippen molar-refractivity contribution in [3.8, 4) is 5.69 Å². The number of nitro benzene ring substituents is 1. The predicted molar refractivity (Wildman–Crippen MR) is 101 cm³/mol. The van der Waals surface area contributed by atoms with Crippen molar-refractivity contribution in [1.29, 1.82) is 0 Å². The molecule has 0 radical (unpaired) electrons. The Kier molecular flexibility index (Phi) is 4.68. The van der Waals surface area contributed by atoms with Gasteiger partial charge in [0.25, 0.3) is 11.6 Å². The highest BCUT2D eigenvalue weighted by molar-refractivity contribution is 5.97. The Hall–Kier alpha value is -2.70. The van der Waals surface area contributed by atoms with E-state index in [1.807, 2.05) is 16.5 Å². The number of aromatic nitrogens is 2. The lowest BCUT2D eigenvalue weighted by atomic mass is 10.0. The summed E-state index contributed by atoms with van der Waals surface area (Å²) in [6.07, 6.45) is 6.12. The summed E-state index contributed by atoms with van der Waals surface area (Å²) in [6, 6.07) is 6.38. The Bertz CT molecular complexity index is 862. The van der Waals surface area contributed by atoms with Gasteiger partial charge in [0, 0.05) is 31.1 Å². The highest BCUT2D eigenvalue weighted by Crippen LogP contribution is 2.42. The van der Waals surface area contributed by atoms with Gasteiger partial charge >= 0.3 is 0 Å². The molecule has 27 heavy (non-hydrogen) atoms. The largest absolute Gasteiger partial charge is 0.339 e. The highest BCUT2D eigenvalue weighted by Gasteiger charge is 2.36. The summed E-state index contributed by atoms with van der Waals surface area (Å²) in [5.41, 5.74) is 3.38. The van der Waals surface area contributed by atoms with E-state index in [-0.39, 0.29) is 11.6 Å². The number of nitro groups is 1. The molecule has 2 aromatic rings. The minimum atomic E-state index is -0.408. The van der Waals surface area contributed by atoms with E-state index < -0.39 is 4.92 Å². The van der Waals surface area contributed by atoms with Gasteiger partial charge in [0.15, 0.2) is 0 Å². The molecule has 2 fully saturated rings. The molecule has 0 bridgehead atoms. The smallest absolute Gasteiger partial charge is 0.269 e. The van der Waals surface area contributed by atoms with E-state index in [0.717, 1.165) is 61.4 Å². The quantitative estimate of drug-likeness (QED) is 0.593. The number of amides is 1. The average molecular weight is 368 g/mol.